The molecular formula is C16H37NO4. The molecule has 0 aromatic carbocycles. The molecule has 130 valence electrons. The summed E-state index contributed by atoms with van der Waals surface area (Å²) in [7, 11) is 0. The molecule has 0 heterocycles. The maximum absolute atomic E-state index is 8.99. The van der Waals surface area contributed by atoms with Crippen LogP contribution in [0.25, 0.3) is 0 Å². The minimum absolute atomic E-state index is 0. The molecule has 5 nitrogen and oxygen atoms in total. The summed E-state index contributed by atoms with van der Waals surface area (Å²) in [5.41, 5.74) is 0. The van der Waals surface area contributed by atoms with Crippen LogP contribution in [0.2, 0.25) is 0 Å². The molecule has 5 heteroatoms. The molecule has 0 amide bonds. The highest BCUT2D eigenvalue weighted by Crippen LogP contribution is 2.16. The molecule has 0 aromatic rings. The predicted molar refractivity (Wildman–Crippen MR) is 85.5 cm³/mol. The summed E-state index contributed by atoms with van der Waals surface area (Å²) in [6, 6.07) is 0. The third-order valence-corrected chi connectivity index (χ3v) is 4.11. The molecule has 0 aliphatic heterocycles. The molecule has 21 heavy (non-hydrogen) atoms. The second kappa shape index (κ2) is 16.2. The summed E-state index contributed by atoms with van der Waals surface area (Å²) in [5, 5.41) is 27.0. The molecule has 4 N–H and O–H groups in total. The van der Waals surface area contributed by atoms with Gasteiger partial charge in [-0.3, -0.25) is 0 Å². The number of hydrogen-bond donors (Lipinski definition) is 3. The number of quaternary nitrogens is 1. The van der Waals surface area contributed by atoms with Crippen LogP contribution in [-0.4, -0.2) is 71.3 Å². The Morgan fingerprint density at radius 1 is 0.571 bits per heavy atom. The lowest BCUT2D eigenvalue weighted by atomic mass is 10.1. The quantitative estimate of drug-likeness (QED) is 0.317. The first kappa shape index (κ1) is 23.1. The molecule has 0 bridgehead atoms. The Morgan fingerprint density at radius 3 is 1.19 bits per heavy atom. The number of unbranched alkanes of at least 4 members (excludes halogenated alkanes) is 4. The van der Waals surface area contributed by atoms with Crippen molar-refractivity contribution < 1.29 is 25.3 Å². The molecule has 0 unspecified atom stereocenters. The predicted octanol–water partition coefficient (Wildman–Crippen LogP) is 1.74. The second-order valence-electron chi connectivity index (χ2n) is 5.88. The number of aliphatic hydroxyl groups excluding tert-OH is 3. The molecule has 0 aliphatic rings. The van der Waals surface area contributed by atoms with E-state index >= 15 is 0 Å². The van der Waals surface area contributed by atoms with Gasteiger partial charge in [-0.25, -0.2) is 0 Å². The lowest BCUT2D eigenvalue weighted by Gasteiger charge is -2.39. The van der Waals surface area contributed by atoms with Gasteiger partial charge in [-0.05, 0) is 44.9 Å². The minimum Gasteiger partial charge on any atom is -0.870 e. The van der Waals surface area contributed by atoms with Gasteiger partial charge in [0.05, 0.1) is 26.2 Å². The summed E-state index contributed by atoms with van der Waals surface area (Å²) < 4.78 is 1.10. The van der Waals surface area contributed by atoms with Crippen molar-refractivity contribution in [3.8, 4) is 0 Å². The molecule has 0 radical (unpaired) electrons. The van der Waals surface area contributed by atoms with Gasteiger partial charge in [-0.2, -0.15) is 0 Å². The van der Waals surface area contributed by atoms with Crippen LogP contribution in [0.1, 0.15) is 58.3 Å². The summed E-state index contributed by atoms with van der Waals surface area (Å²) in [6.07, 6.45) is 8.29. The third kappa shape index (κ3) is 12.1. The summed E-state index contributed by atoms with van der Waals surface area (Å²) in [4.78, 5) is 0. The first-order valence-corrected chi connectivity index (χ1v) is 8.42. The van der Waals surface area contributed by atoms with Gasteiger partial charge in [0.1, 0.15) is 0 Å². The summed E-state index contributed by atoms with van der Waals surface area (Å²) in [6.45, 7) is 7.62. The zero-order valence-electron chi connectivity index (χ0n) is 13.8. The van der Waals surface area contributed by atoms with Crippen LogP contribution in [0.5, 0.6) is 0 Å². The maximum atomic E-state index is 8.99. The molecule has 0 spiro atoms. The average Bonchev–Trinajstić information content (AvgIpc) is 2.46. The van der Waals surface area contributed by atoms with E-state index in [-0.39, 0.29) is 25.3 Å². The zero-order chi connectivity index (χ0) is 15.1. The van der Waals surface area contributed by atoms with Gasteiger partial charge in [0.15, 0.2) is 0 Å². The van der Waals surface area contributed by atoms with Crippen LogP contribution in [-0.2, 0) is 0 Å². The SMILES string of the molecule is CCCC[N+](CCCCO)(CCCCO)CCCCO.[OH-]. The molecular weight excluding hydrogens is 270 g/mol. The number of rotatable bonds is 15. The topological polar surface area (TPSA) is 90.7 Å². The normalized spacial score (nSPS) is 11.4. The van der Waals surface area contributed by atoms with Crippen molar-refractivity contribution in [1.82, 2.24) is 0 Å². The van der Waals surface area contributed by atoms with Gasteiger partial charge in [0.25, 0.3) is 0 Å². The minimum atomic E-state index is 0. The van der Waals surface area contributed by atoms with E-state index in [1.807, 2.05) is 0 Å². The highest BCUT2D eigenvalue weighted by Gasteiger charge is 2.25. The van der Waals surface area contributed by atoms with Gasteiger partial charge in [0.2, 0.25) is 0 Å². The van der Waals surface area contributed by atoms with Crippen molar-refractivity contribution in [3.05, 3.63) is 0 Å². The first-order valence-electron chi connectivity index (χ1n) is 8.42. The largest absolute Gasteiger partial charge is 0.870 e. The zero-order valence-corrected chi connectivity index (χ0v) is 13.8. The van der Waals surface area contributed by atoms with Crippen molar-refractivity contribution >= 4 is 0 Å². The number of aliphatic hydroxyl groups is 3. The van der Waals surface area contributed by atoms with Gasteiger partial charge >= 0.3 is 0 Å². The van der Waals surface area contributed by atoms with Crippen molar-refractivity contribution in [2.75, 3.05) is 46.0 Å². The molecule has 0 saturated heterocycles. The summed E-state index contributed by atoms with van der Waals surface area (Å²) >= 11 is 0. The Hall–Kier alpha value is -0.200. The molecule has 0 saturated carbocycles. The molecule has 0 atom stereocenters. The Morgan fingerprint density at radius 2 is 0.905 bits per heavy atom. The fourth-order valence-electron chi connectivity index (χ4n) is 2.84. The number of hydrogen-bond acceptors (Lipinski definition) is 4. The van der Waals surface area contributed by atoms with Gasteiger partial charge in [-0.1, -0.05) is 13.3 Å². The lowest BCUT2D eigenvalue weighted by molar-refractivity contribution is -0.929. The van der Waals surface area contributed by atoms with E-state index in [0.717, 1.165) is 62.6 Å². The summed E-state index contributed by atoms with van der Waals surface area (Å²) in [5.74, 6) is 0. The van der Waals surface area contributed by atoms with Crippen LogP contribution < -0.4 is 0 Å². The van der Waals surface area contributed by atoms with Crippen molar-refractivity contribution in [2.45, 2.75) is 58.3 Å². The van der Waals surface area contributed by atoms with Crippen molar-refractivity contribution in [3.63, 3.8) is 0 Å². The Kier molecular flexibility index (Phi) is 17.8. The van der Waals surface area contributed by atoms with E-state index in [9.17, 15) is 0 Å². The average molecular weight is 307 g/mol. The van der Waals surface area contributed by atoms with E-state index in [0.29, 0.717) is 0 Å². The van der Waals surface area contributed by atoms with Crippen LogP contribution in [0.4, 0.5) is 0 Å². The molecule has 0 aliphatic carbocycles. The van der Waals surface area contributed by atoms with Gasteiger partial charge < -0.3 is 25.3 Å². The standard InChI is InChI=1S/C16H36NO3.H2O/c1-2-3-10-17(11-4-7-14-18,12-5-8-15-19)13-6-9-16-20;/h18-20H,2-16H2,1H3;1H2/q+1;/p-1. The smallest absolute Gasteiger partial charge is 0.0787 e. The highest BCUT2D eigenvalue weighted by atomic mass is 16.3. The maximum Gasteiger partial charge on any atom is 0.0787 e. The van der Waals surface area contributed by atoms with Crippen LogP contribution in [0.15, 0.2) is 0 Å². The lowest BCUT2D eigenvalue weighted by Crippen LogP contribution is -2.51. The van der Waals surface area contributed by atoms with Crippen LogP contribution >= 0.6 is 0 Å². The van der Waals surface area contributed by atoms with Gasteiger partial charge in [0, 0.05) is 19.8 Å². The van der Waals surface area contributed by atoms with Crippen LogP contribution in [0.3, 0.4) is 0 Å². The van der Waals surface area contributed by atoms with E-state index in [4.69, 9.17) is 15.3 Å². The fourth-order valence-corrected chi connectivity index (χ4v) is 2.84. The highest BCUT2D eigenvalue weighted by molar-refractivity contribution is 4.51. The van der Waals surface area contributed by atoms with E-state index < -0.39 is 0 Å². The monoisotopic (exact) mass is 307 g/mol. The fraction of sp³-hybridized carbons (Fsp3) is 1.00. The van der Waals surface area contributed by atoms with Crippen molar-refractivity contribution in [1.29, 1.82) is 0 Å². The van der Waals surface area contributed by atoms with E-state index in [1.165, 1.54) is 19.4 Å². The van der Waals surface area contributed by atoms with Crippen molar-refractivity contribution in [2.24, 2.45) is 0 Å². The Bertz CT molecular complexity index is 176. The van der Waals surface area contributed by atoms with E-state index in [1.54, 1.807) is 0 Å². The number of nitrogens with zero attached hydrogens (tertiary/aromatic N) is 1. The van der Waals surface area contributed by atoms with Gasteiger partial charge in [-0.15, -0.1) is 0 Å². The Labute approximate surface area is 130 Å². The van der Waals surface area contributed by atoms with E-state index in [2.05, 4.69) is 6.92 Å². The molecule has 0 fully saturated rings. The third-order valence-electron chi connectivity index (χ3n) is 4.11. The Balaban J connectivity index is 0. The molecule has 0 aromatic heterocycles. The second-order valence-corrected chi connectivity index (χ2v) is 5.88. The van der Waals surface area contributed by atoms with Crippen LogP contribution in [0, 0.1) is 0 Å². The molecule has 0 rings (SSSR count). The first-order chi connectivity index (χ1) is 9.74.